The minimum absolute atomic E-state index is 0.0132. The molecule has 1 aromatic carbocycles. The molecule has 0 radical (unpaired) electrons. The summed E-state index contributed by atoms with van der Waals surface area (Å²) in [5.41, 5.74) is 8.46. The summed E-state index contributed by atoms with van der Waals surface area (Å²) in [6, 6.07) is 3.61. The minimum atomic E-state index is -0.480. The summed E-state index contributed by atoms with van der Waals surface area (Å²) in [5.74, 6) is -0.598. The maximum Gasteiger partial charge on any atom is 0.305 e. The molecule has 4 heteroatoms. The molecule has 0 amide bonds. The molecule has 190 valence electrons. The van der Waals surface area contributed by atoms with E-state index in [1.807, 2.05) is 19.9 Å². The highest BCUT2D eigenvalue weighted by atomic mass is 16.5. The van der Waals surface area contributed by atoms with E-state index in [-0.39, 0.29) is 46.9 Å². The predicted octanol–water partition coefficient (Wildman–Crippen LogP) is 7.47. The molecule has 1 N–H and O–H groups in total. The molecular formula is C32H38O4. The molecule has 0 saturated heterocycles. The maximum atomic E-state index is 12.8. The number of hydrogen-bond donors (Lipinski definition) is 1. The third-order valence-corrected chi connectivity index (χ3v) is 9.12. The quantitative estimate of drug-likeness (QED) is 0.354. The van der Waals surface area contributed by atoms with Crippen LogP contribution in [0.1, 0.15) is 88.7 Å². The van der Waals surface area contributed by atoms with Crippen molar-refractivity contribution in [1.29, 1.82) is 0 Å². The fourth-order valence-electron chi connectivity index (χ4n) is 7.16. The van der Waals surface area contributed by atoms with Gasteiger partial charge in [0.2, 0.25) is 0 Å². The Kier molecular flexibility index (Phi) is 6.31. The van der Waals surface area contributed by atoms with Gasteiger partial charge in [-0.05, 0) is 74.0 Å². The summed E-state index contributed by atoms with van der Waals surface area (Å²) in [5, 5.41) is 11.2. The van der Waals surface area contributed by atoms with Crippen molar-refractivity contribution in [3.05, 3.63) is 82.0 Å². The number of ketones is 1. The number of allylic oxidation sites excluding steroid dienone is 6. The van der Waals surface area contributed by atoms with Crippen LogP contribution in [-0.4, -0.2) is 23.0 Å². The second kappa shape index (κ2) is 8.76. The van der Waals surface area contributed by atoms with E-state index in [0.717, 1.165) is 39.8 Å². The van der Waals surface area contributed by atoms with Gasteiger partial charge in [0.05, 0.1) is 5.56 Å². The predicted molar refractivity (Wildman–Crippen MR) is 145 cm³/mol. The number of fused-ring (bicyclic) bond motifs is 3. The number of esters is 1. The van der Waals surface area contributed by atoms with Gasteiger partial charge in [0.1, 0.15) is 11.9 Å². The summed E-state index contributed by atoms with van der Waals surface area (Å²) in [4.78, 5) is 25.0. The first-order valence-corrected chi connectivity index (χ1v) is 12.8. The lowest BCUT2D eigenvalue weighted by Gasteiger charge is -2.57. The molecular weight excluding hydrogens is 448 g/mol. The molecule has 0 fully saturated rings. The first-order chi connectivity index (χ1) is 16.8. The van der Waals surface area contributed by atoms with Crippen molar-refractivity contribution in [3.63, 3.8) is 0 Å². The minimum Gasteiger partial charge on any atom is -0.507 e. The number of carbonyl (C=O) groups is 2. The smallest absolute Gasteiger partial charge is 0.305 e. The Morgan fingerprint density at radius 2 is 1.83 bits per heavy atom. The number of ether oxygens (including phenoxy) is 1. The van der Waals surface area contributed by atoms with E-state index >= 15 is 0 Å². The molecule has 1 aromatic rings. The number of phenols is 1. The van der Waals surface area contributed by atoms with Crippen molar-refractivity contribution >= 4 is 17.3 Å². The molecule has 0 heterocycles. The van der Waals surface area contributed by atoms with E-state index in [4.69, 9.17) is 4.74 Å². The molecule has 36 heavy (non-hydrogen) atoms. The van der Waals surface area contributed by atoms with E-state index in [0.29, 0.717) is 17.6 Å². The molecule has 4 rings (SSSR count). The number of phenolic OH excluding ortho intramolecular Hbond substituents is 1. The van der Waals surface area contributed by atoms with Gasteiger partial charge in [-0.25, -0.2) is 0 Å². The SMILES string of the molecule is C=C(C)C1=C(C)CC2C(OC(=O)CC)C3C(=C(C)C2(C)C1=C)C(=C)c1c(ccc(C(C)=O)c1O)C3C. The van der Waals surface area contributed by atoms with Gasteiger partial charge in [-0.3, -0.25) is 9.59 Å². The number of benzene rings is 1. The fourth-order valence-corrected chi connectivity index (χ4v) is 7.16. The standard InChI is InChI=1S/C32H38O4/c1-11-25(34)36-31-24-14-16(4)26(15(2)3)19(7)32(24,10)20(8)27-18(6)28-22(17(5)29(27)31)12-13-23(21(9)33)30(28)35/h12-13,17,24,29,31,35H,2,6-7,11,14H2,1,3-5,8-10H3. The second-order valence-corrected chi connectivity index (χ2v) is 11.0. The fraction of sp³-hybridized carbons (Fsp3) is 0.438. The summed E-state index contributed by atoms with van der Waals surface area (Å²) in [7, 11) is 0. The first kappa shape index (κ1) is 25.9. The van der Waals surface area contributed by atoms with Crippen molar-refractivity contribution in [3.8, 4) is 5.75 Å². The summed E-state index contributed by atoms with van der Waals surface area (Å²) < 4.78 is 6.29. The Hall–Kier alpha value is -3.14. The van der Waals surface area contributed by atoms with Crippen molar-refractivity contribution in [2.24, 2.45) is 17.3 Å². The Bertz CT molecular complexity index is 1300. The van der Waals surface area contributed by atoms with E-state index in [9.17, 15) is 14.7 Å². The van der Waals surface area contributed by atoms with Gasteiger partial charge >= 0.3 is 5.97 Å². The zero-order valence-electron chi connectivity index (χ0n) is 22.7. The van der Waals surface area contributed by atoms with Gasteiger partial charge < -0.3 is 9.84 Å². The zero-order chi connectivity index (χ0) is 26.9. The molecule has 3 aliphatic carbocycles. The van der Waals surface area contributed by atoms with Crippen LogP contribution in [0.4, 0.5) is 0 Å². The lowest BCUT2D eigenvalue weighted by Crippen LogP contribution is -2.53. The van der Waals surface area contributed by atoms with Gasteiger partial charge in [0.15, 0.2) is 5.78 Å². The van der Waals surface area contributed by atoms with Crippen LogP contribution in [0.3, 0.4) is 0 Å². The van der Waals surface area contributed by atoms with Crippen molar-refractivity contribution in [1.82, 2.24) is 0 Å². The molecule has 0 aromatic heterocycles. The normalized spacial score (nSPS) is 29.4. The van der Waals surface area contributed by atoms with E-state index < -0.39 is 5.41 Å². The highest BCUT2D eigenvalue weighted by Gasteiger charge is 2.57. The van der Waals surface area contributed by atoms with E-state index in [1.165, 1.54) is 12.5 Å². The molecule has 5 atom stereocenters. The van der Waals surface area contributed by atoms with Crippen LogP contribution in [0.5, 0.6) is 5.75 Å². The third-order valence-electron chi connectivity index (χ3n) is 9.12. The number of aromatic hydroxyl groups is 1. The Morgan fingerprint density at radius 3 is 2.39 bits per heavy atom. The Labute approximate surface area is 215 Å². The largest absolute Gasteiger partial charge is 0.507 e. The molecule has 0 bridgehead atoms. The molecule has 5 unspecified atom stereocenters. The lowest BCUT2D eigenvalue weighted by molar-refractivity contribution is -0.158. The van der Waals surface area contributed by atoms with Crippen molar-refractivity contribution in [2.75, 3.05) is 0 Å². The molecule has 0 aliphatic heterocycles. The summed E-state index contributed by atoms with van der Waals surface area (Å²) in [6.45, 7) is 27.1. The highest BCUT2D eigenvalue weighted by Crippen LogP contribution is 2.64. The maximum absolute atomic E-state index is 12.8. The van der Waals surface area contributed by atoms with Crippen LogP contribution in [0.2, 0.25) is 0 Å². The average molecular weight is 487 g/mol. The van der Waals surface area contributed by atoms with Crippen LogP contribution in [0, 0.1) is 17.3 Å². The molecule has 4 nitrogen and oxygen atoms in total. The average Bonchev–Trinajstić information content (AvgIpc) is 2.80. The van der Waals surface area contributed by atoms with Crippen molar-refractivity contribution < 1.29 is 19.4 Å². The van der Waals surface area contributed by atoms with Gasteiger partial charge in [-0.2, -0.15) is 0 Å². The van der Waals surface area contributed by atoms with Crippen molar-refractivity contribution in [2.45, 2.75) is 73.3 Å². The second-order valence-electron chi connectivity index (χ2n) is 11.0. The van der Waals surface area contributed by atoms with Gasteiger partial charge in [-0.1, -0.05) is 63.3 Å². The molecule has 0 saturated carbocycles. The highest BCUT2D eigenvalue weighted by molar-refractivity contribution is 6.00. The van der Waals surface area contributed by atoms with Gasteiger partial charge in [0.25, 0.3) is 0 Å². The van der Waals surface area contributed by atoms with Crippen LogP contribution >= 0.6 is 0 Å². The summed E-state index contributed by atoms with van der Waals surface area (Å²) in [6.07, 6.45) is 0.696. The number of rotatable bonds is 4. The number of Topliss-reactive ketones (excluding diaryl/α,β-unsaturated/α-hetero) is 1. The Morgan fingerprint density at radius 1 is 1.19 bits per heavy atom. The van der Waals surface area contributed by atoms with E-state index in [1.54, 1.807) is 6.07 Å². The number of carbonyl (C=O) groups excluding carboxylic acids is 2. The molecule has 0 spiro atoms. The van der Waals surface area contributed by atoms with Crippen LogP contribution < -0.4 is 0 Å². The first-order valence-electron chi connectivity index (χ1n) is 12.8. The zero-order valence-corrected chi connectivity index (χ0v) is 22.7. The van der Waals surface area contributed by atoms with Gasteiger partial charge in [-0.15, -0.1) is 0 Å². The lowest BCUT2D eigenvalue weighted by atomic mass is 9.48. The molecule has 3 aliphatic rings. The number of hydrogen-bond acceptors (Lipinski definition) is 4. The monoisotopic (exact) mass is 486 g/mol. The third kappa shape index (κ3) is 3.41. The Balaban J connectivity index is 2.04. The summed E-state index contributed by atoms with van der Waals surface area (Å²) >= 11 is 0. The van der Waals surface area contributed by atoms with Crippen LogP contribution in [0.15, 0.2) is 65.3 Å². The topological polar surface area (TPSA) is 63.6 Å². The van der Waals surface area contributed by atoms with E-state index in [2.05, 4.69) is 47.4 Å². The van der Waals surface area contributed by atoms with Gasteiger partial charge in [0, 0.05) is 29.2 Å². The van der Waals surface area contributed by atoms with Crippen LogP contribution in [-0.2, 0) is 9.53 Å². The van der Waals surface area contributed by atoms with Crippen LogP contribution in [0.25, 0.3) is 5.57 Å².